The maximum absolute atomic E-state index is 12.7. The summed E-state index contributed by atoms with van der Waals surface area (Å²) in [5.74, 6) is 0.0633. The molecule has 0 saturated carbocycles. The predicted molar refractivity (Wildman–Crippen MR) is 101 cm³/mol. The Morgan fingerprint density at radius 3 is 2.00 bits per heavy atom. The van der Waals surface area contributed by atoms with Crippen molar-refractivity contribution in [3.8, 4) is 0 Å². The fraction of sp³-hybridized carbons (Fsp3) is 0.381. The van der Waals surface area contributed by atoms with E-state index in [0.717, 1.165) is 37.3 Å². The monoisotopic (exact) mass is 335 g/mol. The Bertz CT molecular complexity index is 705. The van der Waals surface area contributed by atoms with Gasteiger partial charge in [-0.3, -0.25) is 20.1 Å². The molecule has 130 valence electrons. The Morgan fingerprint density at radius 2 is 1.40 bits per heavy atom. The fourth-order valence-corrected chi connectivity index (χ4v) is 3.88. The topological polar surface area (TPSA) is 35.6 Å². The van der Waals surface area contributed by atoms with E-state index in [9.17, 15) is 4.79 Å². The lowest BCUT2D eigenvalue weighted by Gasteiger charge is -2.30. The van der Waals surface area contributed by atoms with Crippen LogP contribution in [0.1, 0.15) is 30.4 Å². The Balaban J connectivity index is 1.60. The van der Waals surface area contributed by atoms with Crippen molar-refractivity contribution in [2.45, 2.75) is 32.1 Å². The van der Waals surface area contributed by atoms with E-state index in [4.69, 9.17) is 0 Å². The first-order chi connectivity index (χ1) is 12.3. The van der Waals surface area contributed by atoms with Crippen LogP contribution >= 0.6 is 0 Å². The van der Waals surface area contributed by atoms with Gasteiger partial charge in [-0.15, -0.1) is 0 Å². The highest BCUT2D eigenvalue weighted by atomic mass is 16.2. The highest BCUT2D eigenvalue weighted by Gasteiger charge is 2.23. The molecular formula is C21H25N3O. The summed E-state index contributed by atoms with van der Waals surface area (Å²) < 4.78 is 0. The third-order valence-electron chi connectivity index (χ3n) is 5.18. The van der Waals surface area contributed by atoms with Gasteiger partial charge >= 0.3 is 0 Å². The number of para-hydroxylation sites is 2. The Morgan fingerprint density at radius 1 is 0.840 bits per heavy atom. The molecule has 25 heavy (non-hydrogen) atoms. The van der Waals surface area contributed by atoms with Gasteiger partial charge in [-0.2, -0.15) is 0 Å². The van der Waals surface area contributed by atoms with E-state index in [1.807, 2.05) is 17.1 Å². The number of likely N-dealkylation sites (tertiary alicyclic amines) is 1. The third kappa shape index (κ3) is 3.54. The van der Waals surface area contributed by atoms with Gasteiger partial charge in [0.05, 0.1) is 17.9 Å². The first-order valence-electron chi connectivity index (χ1n) is 9.29. The molecule has 0 radical (unpaired) electrons. The molecule has 0 unspecified atom stereocenters. The molecule has 2 aliphatic heterocycles. The van der Waals surface area contributed by atoms with Crippen molar-refractivity contribution in [1.29, 1.82) is 0 Å². The number of aryl methyl sites for hydroxylation is 2. The van der Waals surface area contributed by atoms with Crippen LogP contribution in [0, 0.1) is 0 Å². The second kappa shape index (κ2) is 7.28. The molecule has 0 atom stereocenters. The molecule has 4 rings (SSSR count). The minimum atomic E-state index is 0.0633. The van der Waals surface area contributed by atoms with E-state index >= 15 is 0 Å². The Labute approximate surface area is 149 Å². The molecule has 1 amide bonds. The van der Waals surface area contributed by atoms with Crippen molar-refractivity contribution >= 4 is 17.3 Å². The van der Waals surface area contributed by atoms with Crippen molar-refractivity contribution < 1.29 is 4.79 Å². The molecule has 1 fully saturated rings. The number of hydrazine groups is 1. The molecule has 0 spiro atoms. The highest BCUT2D eigenvalue weighted by molar-refractivity contribution is 5.83. The van der Waals surface area contributed by atoms with Crippen LogP contribution in [-0.2, 0) is 17.6 Å². The van der Waals surface area contributed by atoms with Crippen molar-refractivity contribution in [2.75, 3.05) is 24.6 Å². The van der Waals surface area contributed by atoms with Crippen molar-refractivity contribution in [3.63, 3.8) is 0 Å². The van der Waals surface area contributed by atoms with Crippen LogP contribution in [0.25, 0.3) is 0 Å². The number of fused-ring (bicyclic) bond motifs is 2. The molecule has 2 heterocycles. The van der Waals surface area contributed by atoms with Crippen LogP contribution in [0.5, 0.6) is 0 Å². The fourth-order valence-electron chi connectivity index (χ4n) is 3.88. The van der Waals surface area contributed by atoms with Crippen LogP contribution in [0.3, 0.4) is 0 Å². The van der Waals surface area contributed by atoms with Crippen molar-refractivity contribution in [2.24, 2.45) is 0 Å². The molecule has 0 aliphatic carbocycles. The summed E-state index contributed by atoms with van der Waals surface area (Å²) >= 11 is 0. The zero-order valence-corrected chi connectivity index (χ0v) is 14.6. The van der Waals surface area contributed by atoms with Crippen molar-refractivity contribution in [1.82, 2.24) is 10.3 Å². The molecule has 1 N–H and O–H groups in total. The highest BCUT2D eigenvalue weighted by Crippen LogP contribution is 2.34. The summed E-state index contributed by atoms with van der Waals surface area (Å²) in [6.45, 7) is 2.53. The number of piperidine rings is 1. The zero-order valence-electron chi connectivity index (χ0n) is 14.6. The van der Waals surface area contributed by atoms with Gasteiger partial charge in [0.25, 0.3) is 5.91 Å². The zero-order chi connectivity index (χ0) is 17.1. The number of nitrogens with one attached hydrogen (secondary N) is 1. The molecular weight excluding hydrogens is 310 g/mol. The largest absolute Gasteiger partial charge is 0.294 e. The Hall–Kier alpha value is -2.33. The third-order valence-corrected chi connectivity index (χ3v) is 5.18. The maximum atomic E-state index is 12.7. The van der Waals surface area contributed by atoms with E-state index in [0.29, 0.717) is 6.54 Å². The van der Waals surface area contributed by atoms with Gasteiger partial charge in [0.1, 0.15) is 0 Å². The average Bonchev–Trinajstić information content (AvgIpc) is 2.80. The maximum Gasteiger partial charge on any atom is 0.252 e. The summed E-state index contributed by atoms with van der Waals surface area (Å²) in [7, 11) is 0. The number of hydrogen-bond acceptors (Lipinski definition) is 3. The average molecular weight is 335 g/mol. The number of nitrogens with zero attached hydrogens (tertiary/aromatic N) is 2. The summed E-state index contributed by atoms with van der Waals surface area (Å²) in [5.41, 5.74) is 7.89. The van der Waals surface area contributed by atoms with E-state index in [2.05, 4.69) is 46.7 Å². The minimum Gasteiger partial charge on any atom is -0.294 e. The first-order valence-corrected chi connectivity index (χ1v) is 9.29. The number of anilines is 2. The van der Waals surface area contributed by atoms with Gasteiger partial charge in [-0.05, 0) is 62.0 Å². The van der Waals surface area contributed by atoms with E-state index in [-0.39, 0.29) is 5.91 Å². The van der Waals surface area contributed by atoms with Crippen molar-refractivity contribution in [3.05, 3.63) is 59.7 Å². The molecule has 1 saturated heterocycles. The smallest absolute Gasteiger partial charge is 0.252 e. The van der Waals surface area contributed by atoms with Gasteiger partial charge in [0.2, 0.25) is 0 Å². The van der Waals surface area contributed by atoms with Gasteiger partial charge in [-0.25, -0.2) is 0 Å². The number of amides is 1. The number of benzene rings is 2. The second-order valence-electron chi connectivity index (χ2n) is 6.96. The van der Waals surface area contributed by atoms with E-state index in [1.165, 1.54) is 30.4 Å². The normalized spacial score (nSPS) is 17.4. The van der Waals surface area contributed by atoms with Gasteiger partial charge < -0.3 is 0 Å². The standard InChI is InChI=1S/C21H25N3O/c25-21(16-23-14-6-1-7-15-23)22-24-19-10-4-2-8-17(19)12-13-18-9-3-5-11-20(18)24/h2-5,8-11H,1,6-7,12-16H2,(H,22,25). The van der Waals surface area contributed by atoms with Crippen LogP contribution < -0.4 is 10.4 Å². The molecule has 4 heteroatoms. The SMILES string of the molecule is O=C(CN1CCCCC1)NN1c2ccccc2CCc2ccccc21. The minimum absolute atomic E-state index is 0.0633. The summed E-state index contributed by atoms with van der Waals surface area (Å²) in [6, 6.07) is 16.7. The van der Waals surface area contributed by atoms with Gasteiger partial charge in [0.15, 0.2) is 0 Å². The molecule has 2 aromatic carbocycles. The number of hydrogen-bond donors (Lipinski definition) is 1. The summed E-state index contributed by atoms with van der Waals surface area (Å²) in [6.07, 6.45) is 5.66. The number of carbonyl (C=O) groups excluding carboxylic acids is 1. The summed E-state index contributed by atoms with van der Waals surface area (Å²) in [4.78, 5) is 15.0. The van der Waals surface area contributed by atoms with Crippen LogP contribution in [0.4, 0.5) is 11.4 Å². The molecule has 4 nitrogen and oxygen atoms in total. The molecule has 0 bridgehead atoms. The lowest BCUT2D eigenvalue weighted by atomic mass is 10.0. The van der Waals surface area contributed by atoms with E-state index < -0.39 is 0 Å². The van der Waals surface area contributed by atoms with E-state index in [1.54, 1.807) is 0 Å². The molecule has 2 aromatic rings. The number of carbonyl (C=O) groups is 1. The molecule has 2 aliphatic rings. The molecule has 0 aromatic heterocycles. The number of rotatable bonds is 3. The Kier molecular flexibility index (Phi) is 4.70. The van der Waals surface area contributed by atoms with Gasteiger partial charge in [0, 0.05) is 0 Å². The van der Waals surface area contributed by atoms with Gasteiger partial charge in [-0.1, -0.05) is 42.8 Å². The lowest BCUT2D eigenvalue weighted by Crippen LogP contribution is -2.46. The van der Waals surface area contributed by atoms with Crippen LogP contribution in [0.2, 0.25) is 0 Å². The summed E-state index contributed by atoms with van der Waals surface area (Å²) in [5, 5.41) is 1.99. The second-order valence-corrected chi connectivity index (χ2v) is 6.96. The lowest BCUT2D eigenvalue weighted by molar-refractivity contribution is -0.122. The van der Waals surface area contributed by atoms with Crippen LogP contribution in [-0.4, -0.2) is 30.4 Å². The first kappa shape index (κ1) is 16.2. The van der Waals surface area contributed by atoms with Crippen LogP contribution in [0.15, 0.2) is 48.5 Å². The predicted octanol–water partition coefficient (Wildman–Crippen LogP) is 3.44. The quantitative estimate of drug-likeness (QED) is 0.933.